The molecule has 2 aromatic carbocycles. The molecule has 0 radical (unpaired) electrons. The fourth-order valence-corrected chi connectivity index (χ4v) is 2.85. The van der Waals surface area contributed by atoms with Gasteiger partial charge in [0.05, 0.1) is 10.7 Å². The van der Waals surface area contributed by atoms with E-state index in [1.54, 1.807) is 36.4 Å². The van der Waals surface area contributed by atoms with Crippen molar-refractivity contribution in [2.45, 2.75) is 0 Å². The zero-order valence-corrected chi connectivity index (χ0v) is 14.2. The summed E-state index contributed by atoms with van der Waals surface area (Å²) in [4.78, 5) is 12.1. The highest BCUT2D eigenvalue weighted by molar-refractivity contribution is 7.80. The Morgan fingerprint density at radius 1 is 1.12 bits per heavy atom. The fraction of sp³-hybridized carbons (Fsp3) is 0.118. The van der Waals surface area contributed by atoms with Gasteiger partial charge in [0.1, 0.15) is 0 Å². The zero-order chi connectivity index (χ0) is 17.3. The number of rotatable bonds is 4. The van der Waals surface area contributed by atoms with E-state index >= 15 is 0 Å². The number of hydrogen-bond donors (Lipinski definition) is 4. The van der Waals surface area contributed by atoms with Gasteiger partial charge in [0.25, 0.3) is 5.91 Å². The van der Waals surface area contributed by atoms with Gasteiger partial charge in [-0.2, -0.15) is 12.6 Å². The first kappa shape index (κ1) is 16.5. The highest BCUT2D eigenvalue weighted by Gasteiger charge is 2.19. The van der Waals surface area contributed by atoms with Gasteiger partial charge < -0.3 is 15.5 Å². The summed E-state index contributed by atoms with van der Waals surface area (Å²) in [5.74, 6) is -0.0370. The molecule has 0 spiro atoms. The van der Waals surface area contributed by atoms with E-state index in [-0.39, 0.29) is 17.7 Å². The van der Waals surface area contributed by atoms with E-state index < -0.39 is 0 Å². The maximum atomic E-state index is 12.1. The summed E-state index contributed by atoms with van der Waals surface area (Å²) in [5, 5.41) is 24.9. The van der Waals surface area contributed by atoms with Gasteiger partial charge >= 0.3 is 0 Å². The number of halogens is 1. The summed E-state index contributed by atoms with van der Waals surface area (Å²) < 4.78 is 1.22. The number of carbonyl (C=O) groups excluding carboxylic acids is 1. The molecule has 7 heteroatoms. The second-order valence-corrected chi connectivity index (χ2v) is 6.03. The van der Waals surface area contributed by atoms with E-state index in [2.05, 4.69) is 17.9 Å². The van der Waals surface area contributed by atoms with Gasteiger partial charge in [0, 0.05) is 28.6 Å². The van der Waals surface area contributed by atoms with Gasteiger partial charge in [-0.05, 0) is 30.3 Å². The van der Waals surface area contributed by atoms with Crippen molar-refractivity contribution in [1.29, 1.82) is 0 Å². The lowest BCUT2D eigenvalue weighted by atomic mass is 10.2. The molecule has 0 bridgehead atoms. The maximum Gasteiger partial charge on any atom is 0.251 e. The molecule has 0 aliphatic rings. The van der Waals surface area contributed by atoms with Crippen LogP contribution in [0, 0.1) is 0 Å². The molecule has 124 valence electrons. The van der Waals surface area contributed by atoms with Crippen LogP contribution in [-0.4, -0.2) is 33.0 Å². The van der Waals surface area contributed by atoms with Crippen molar-refractivity contribution in [3.05, 3.63) is 53.1 Å². The van der Waals surface area contributed by atoms with E-state index in [0.717, 1.165) is 0 Å². The van der Waals surface area contributed by atoms with Crippen LogP contribution in [0.2, 0.25) is 5.02 Å². The standard InChI is InChI=1S/C17H15ClN2O3S/c18-13-6-5-10(15(21)19-7-8-24)9-14(13)20-16(22)11-3-1-2-4-12(11)17(20)23/h1-6,9,22-24H,7-8H2,(H,19,21). The van der Waals surface area contributed by atoms with Crippen molar-refractivity contribution in [1.82, 2.24) is 9.88 Å². The van der Waals surface area contributed by atoms with Crippen LogP contribution in [0.1, 0.15) is 10.4 Å². The first-order valence-electron chi connectivity index (χ1n) is 7.25. The third-order valence-corrected chi connectivity index (χ3v) is 4.22. The van der Waals surface area contributed by atoms with E-state index in [9.17, 15) is 15.0 Å². The minimum Gasteiger partial charge on any atom is -0.494 e. The number of aromatic hydroxyl groups is 2. The average Bonchev–Trinajstić information content (AvgIpc) is 2.85. The number of nitrogens with one attached hydrogen (secondary N) is 1. The zero-order valence-electron chi connectivity index (χ0n) is 12.5. The number of hydrogen-bond acceptors (Lipinski definition) is 4. The second-order valence-electron chi connectivity index (χ2n) is 5.17. The SMILES string of the molecule is O=C(NCCS)c1ccc(Cl)c(-n2c(O)c3ccccc3c2O)c1. The van der Waals surface area contributed by atoms with Gasteiger partial charge in [-0.15, -0.1) is 0 Å². The first-order chi connectivity index (χ1) is 11.5. The summed E-state index contributed by atoms with van der Waals surface area (Å²) >= 11 is 10.3. The molecule has 24 heavy (non-hydrogen) atoms. The topological polar surface area (TPSA) is 74.5 Å². The Kier molecular flexibility index (Phi) is 4.59. The van der Waals surface area contributed by atoms with Crippen molar-refractivity contribution < 1.29 is 15.0 Å². The molecule has 0 aliphatic heterocycles. The van der Waals surface area contributed by atoms with Gasteiger partial charge in [-0.3, -0.25) is 4.79 Å². The second kappa shape index (κ2) is 6.67. The number of benzene rings is 2. The molecule has 0 fully saturated rings. The monoisotopic (exact) mass is 362 g/mol. The Balaban J connectivity index is 2.14. The van der Waals surface area contributed by atoms with Crippen molar-refractivity contribution >= 4 is 40.9 Å². The van der Waals surface area contributed by atoms with Gasteiger partial charge in [0.2, 0.25) is 11.8 Å². The van der Waals surface area contributed by atoms with Crippen LogP contribution < -0.4 is 5.32 Å². The number of carbonyl (C=O) groups is 1. The highest BCUT2D eigenvalue weighted by Crippen LogP contribution is 2.40. The van der Waals surface area contributed by atoms with Crippen LogP contribution >= 0.6 is 24.2 Å². The van der Waals surface area contributed by atoms with Crippen molar-refractivity contribution in [3.63, 3.8) is 0 Å². The number of amides is 1. The molecule has 0 aliphatic carbocycles. The fourth-order valence-electron chi connectivity index (χ4n) is 2.54. The van der Waals surface area contributed by atoms with Crippen LogP contribution in [-0.2, 0) is 0 Å². The first-order valence-corrected chi connectivity index (χ1v) is 8.26. The molecule has 0 unspecified atom stereocenters. The van der Waals surface area contributed by atoms with Gasteiger partial charge in [-0.25, -0.2) is 4.57 Å². The van der Waals surface area contributed by atoms with Gasteiger partial charge in [0.15, 0.2) is 0 Å². The van der Waals surface area contributed by atoms with Crippen LogP contribution in [0.25, 0.3) is 16.5 Å². The lowest BCUT2D eigenvalue weighted by Crippen LogP contribution is -2.25. The number of thiol groups is 1. The van der Waals surface area contributed by atoms with Crippen LogP contribution in [0.15, 0.2) is 42.5 Å². The summed E-state index contributed by atoms with van der Waals surface area (Å²) in [6.45, 7) is 0.434. The molecule has 1 amide bonds. The molecule has 1 aromatic heterocycles. The lowest BCUT2D eigenvalue weighted by molar-refractivity contribution is 0.0956. The minimum atomic E-state index is -0.280. The molecule has 5 nitrogen and oxygen atoms in total. The van der Waals surface area contributed by atoms with E-state index in [4.69, 9.17) is 11.6 Å². The van der Waals surface area contributed by atoms with E-state index in [0.29, 0.717) is 39.3 Å². The Bertz CT molecular complexity index is 885. The average molecular weight is 363 g/mol. The highest BCUT2D eigenvalue weighted by atomic mass is 35.5. The molecular weight excluding hydrogens is 348 g/mol. The Morgan fingerprint density at radius 2 is 1.75 bits per heavy atom. The largest absolute Gasteiger partial charge is 0.494 e. The summed E-state index contributed by atoms with van der Waals surface area (Å²) in [6.07, 6.45) is 0. The molecule has 0 atom stereocenters. The minimum absolute atomic E-state index is 0.141. The third kappa shape index (κ3) is 2.79. The molecule has 0 saturated carbocycles. The van der Waals surface area contributed by atoms with Crippen LogP contribution in [0.3, 0.4) is 0 Å². The summed E-state index contributed by atoms with van der Waals surface area (Å²) in [7, 11) is 0. The molecule has 3 aromatic rings. The number of fused-ring (bicyclic) bond motifs is 1. The predicted octanol–water partition coefficient (Wildman–Crippen LogP) is 3.35. The van der Waals surface area contributed by atoms with Crippen molar-refractivity contribution in [2.24, 2.45) is 0 Å². The third-order valence-electron chi connectivity index (χ3n) is 3.68. The molecule has 0 saturated heterocycles. The predicted molar refractivity (Wildman–Crippen MR) is 97.8 cm³/mol. The van der Waals surface area contributed by atoms with Crippen molar-refractivity contribution in [2.75, 3.05) is 12.3 Å². The normalized spacial score (nSPS) is 10.9. The summed E-state index contributed by atoms with van der Waals surface area (Å²) in [6, 6.07) is 11.6. The van der Waals surface area contributed by atoms with E-state index in [1.807, 2.05) is 0 Å². The number of nitrogens with zero attached hydrogens (tertiary/aromatic N) is 1. The molecule has 1 heterocycles. The molecule has 3 N–H and O–H groups in total. The quantitative estimate of drug-likeness (QED) is 0.538. The lowest BCUT2D eigenvalue weighted by Gasteiger charge is -2.11. The number of aromatic nitrogens is 1. The Morgan fingerprint density at radius 3 is 2.33 bits per heavy atom. The summed E-state index contributed by atoms with van der Waals surface area (Å²) in [5.41, 5.74) is 0.689. The van der Waals surface area contributed by atoms with E-state index in [1.165, 1.54) is 10.6 Å². The maximum absolute atomic E-state index is 12.1. The molecular formula is C17H15ClN2O3S. The molecule has 3 rings (SSSR count). The Labute approximate surface area is 148 Å². The van der Waals surface area contributed by atoms with Gasteiger partial charge in [-0.1, -0.05) is 23.7 Å². The van der Waals surface area contributed by atoms with Crippen LogP contribution in [0.5, 0.6) is 11.8 Å². The van der Waals surface area contributed by atoms with Crippen LogP contribution in [0.4, 0.5) is 0 Å². The van der Waals surface area contributed by atoms with Crippen molar-refractivity contribution in [3.8, 4) is 17.4 Å². The smallest absolute Gasteiger partial charge is 0.251 e. The Hall–Kier alpha value is -2.31.